The van der Waals surface area contributed by atoms with Gasteiger partial charge in [0, 0.05) is 0 Å². The third-order valence-electron chi connectivity index (χ3n) is 3.86. The highest BCUT2D eigenvalue weighted by atomic mass is 32.2. The van der Waals surface area contributed by atoms with Crippen LogP contribution in [0.1, 0.15) is 18.1 Å². The van der Waals surface area contributed by atoms with Gasteiger partial charge < -0.3 is 0 Å². The molecule has 0 bridgehead atoms. The van der Waals surface area contributed by atoms with Gasteiger partial charge in [0.1, 0.15) is 0 Å². The van der Waals surface area contributed by atoms with Gasteiger partial charge in [0.05, 0.1) is 21.9 Å². The maximum absolute atomic E-state index is 12.7. The van der Waals surface area contributed by atoms with Crippen molar-refractivity contribution in [2.75, 3.05) is 5.01 Å². The fourth-order valence-corrected chi connectivity index (χ4v) is 2.98. The molecule has 2 aromatic rings. The summed E-state index contributed by atoms with van der Waals surface area (Å²) in [5.74, 6) is -0.263. The van der Waals surface area contributed by atoms with E-state index in [0.717, 1.165) is 11.1 Å². The second-order valence-electron chi connectivity index (χ2n) is 5.81. The van der Waals surface area contributed by atoms with Crippen molar-refractivity contribution in [3.05, 3.63) is 65.2 Å². The molecule has 1 heterocycles. The van der Waals surface area contributed by atoms with Crippen molar-refractivity contribution in [3.8, 4) is 0 Å². The number of anilines is 1. The first-order valence-electron chi connectivity index (χ1n) is 7.57. The molecule has 1 aliphatic heterocycles. The molecule has 3 rings (SSSR count). The Morgan fingerprint density at radius 3 is 2.16 bits per heavy atom. The summed E-state index contributed by atoms with van der Waals surface area (Å²) >= 11 is 0. The number of amides is 1. The third kappa shape index (κ3) is 3.52. The molecule has 25 heavy (non-hydrogen) atoms. The zero-order valence-corrected chi connectivity index (χ0v) is 14.6. The number of benzene rings is 2. The van der Waals surface area contributed by atoms with Gasteiger partial charge in [-0.15, -0.1) is 0 Å². The van der Waals surface area contributed by atoms with Crippen LogP contribution in [0, 0.1) is 6.92 Å². The normalized spacial score (nSPS) is 16.4. The molecule has 0 saturated heterocycles. The van der Waals surface area contributed by atoms with E-state index in [-0.39, 0.29) is 10.8 Å². The van der Waals surface area contributed by atoms with Crippen LogP contribution in [0.5, 0.6) is 0 Å². The summed E-state index contributed by atoms with van der Waals surface area (Å²) in [6.45, 7) is 3.76. The van der Waals surface area contributed by atoms with Gasteiger partial charge in [-0.1, -0.05) is 29.8 Å². The lowest BCUT2D eigenvalue weighted by atomic mass is 10.1. The van der Waals surface area contributed by atoms with Crippen LogP contribution in [0.4, 0.5) is 5.69 Å². The van der Waals surface area contributed by atoms with Gasteiger partial charge in [0.15, 0.2) is 0 Å². The highest BCUT2D eigenvalue weighted by Crippen LogP contribution is 2.26. The van der Waals surface area contributed by atoms with Crippen molar-refractivity contribution in [1.29, 1.82) is 0 Å². The highest BCUT2D eigenvalue weighted by Gasteiger charge is 2.28. The van der Waals surface area contributed by atoms with Crippen LogP contribution in [0.15, 0.2) is 64.1 Å². The second kappa shape index (κ2) is 6.27. The first-order chi connectivity index (χ1) is 11.8. The molecule has 0 spiro atoms. The molecular weight excluding hydrogens is 338 g/mol. The minimum atomic E-state index is -3.77. The van der Waals surface area contributed by atoms with Crippen LogP contribution in [0.2, 0.25) is 0 Å². The first-order valence-corrected chi connectivity index (χ1v) is 9.11. The first kappa shape index (κ1) is 17.1. The summed E-state index contributed by atoms with van der Waals surface area (Å²) in [4.78, 5) is 12.7. The molecular formula is C18H17N3O3S. The summed E-state index contributed by atoms with van der Waals surface area (Å²) in [5.41, 5.74) is 3.63. The fraction of sp³-hybridized carbons (Fsp3) is 0.111. The summed E-state index contributed by atoms with van der Waals surface area (Å²) < 4.78 is 22.6. The minimum Gasteiger partial charge on any atom is -0.267 e. The zero-order valence-electron chi connectivity index (χ0n) is 13.8. The van der Waals surface area contributed by atoms with E-state index in [9.17, 15) is 13.2 Å². The van der Waals surface area contributed by atoms with Crippen molar-refractivity contribution in [3.63, 3.8) is 0 Å². The van der Waals surface area contributed by atoms with Gasteiger partial charge >= 0.3 is 0 Å². The molecule has 0 aromatic heterocycles. The molecule has 6 nitrogen and oxygen atoms in total. The van der Waals surface area contributed by atoms with Crippen LogP contribution in [-0.2, 0) is 14.8 Å². The minimum absolute atomic E-state index is 0.0148. The average molecular weight is 355 g/mol. The standard InChI is InChI=1S/C18H17N3O3S/c1-12-3-5-14(6-4-12)11-17-13(2)20-21(18(17)22)15-7-9-16(10-8-15)25(19,23)24/h3-11H,1-2H3,(H2,19,23,24). The molecule has 2 N–H and O–H groups in total. The van der Waals surface area contributed by atoms with E-state index in [1.54, 1.807) is 13.0 Å². The average Bonchev–Trinajstić information content (AvgIpc) is 2.84. The Morgan fingerprint density at radius 1 is 1.00 bits per heavy atom. The number of carbonyl (C=O) groups excluding carboxylic acids is 1. The van der Waals surface area contributed by atoms with Gasteiger partial charge in [-0.25, -0.2) is 13.6 Å². The lowest BCUT2D eigenvalue weighted by Gasteiger charge is -2.12. The summed E-state index contributed by atoms with van der Waals surface area (Å²) in [5, 5.41) is 10.6. The topological polar surface area (TPSA) is 92.8 Å². The van der Waals surface area contributed by atoms with Gasteiger partial charge in [0.25, 0.3) is 5.91 Å². The summed E-state index contributed by atoms with van der Waals surface area (Å²) in [6.07, 6.45) is 1.79. The van der Waals surface area contributed by atoms with Crippen molar-refractivity contribution < 1.29 is 13.2 Å². The number of aryl methyl sites for hydroxylation is 1. The van der Waals surface area contributed by atoms with E-state index in [2.05, 4.69) is 5.10 Å². The van der Waals surface area contributed by atoms with E-state index < -0.39 is 10.0 Å². The van der Waals surface area contributed by atoms with Gasteiger partial charge in [-0.2, -0.15) is 10.1 Å². The molecule has 0 atom stereocenters. The van der Waals surface area contributed by atoms with Gasteiger partial charge in [-0.05, 0) is 49.8 Å². The lowest BCUT2D eigenvalue weighted by Crippen LogP contribution is -2.21. The maximum atomic E-state index is 12.7. The number of rotatable bonds is 3. The number of nitrogens with two attached hydrogens (primary N) is 1. The van der Waals surface area contributed by atoms with Crippen molar-refractivity contribution >= 4 is 33.4 Å². The van der Waals surface area contributed by atoms with Crippen LogP contribution < -0.4 is 10.1 Å². The predicted octanol–water partition coefficient (Wildman–Crippen LogP) is 2.45. The fourth-order valence-electron chi connectivity index (χ4n) is 2.47. The number of sulfonamides is 1. The van der Waals surface area contributed by atoms with E-state index in [1.807, 2.05) is 31.2 Å². The van der Waals surface area contributed by atoms with Crippen molar-refractivity contribution in [2.45, 2.75) is 18.7 Å². The van der Waals surface area contributed by atoms with E-state index >= 15 is 0 Å². The highest BCUT2D eigenvalue weighted by molar-refractivity contribution is 7.89. The molecule has 1 aliphatic rings. The molecule has 0 saturated carbocycles. The number of nitrogens with zero attached hydrogens (tertiary/aromatic N) is 2. The molecule has 7 heteroatoms. The van der Waals surface area contributed by atoms with E-state index in [0.29, 0.717) is 17.0 Å². The van der Waals surface area contributed by atoms with Crippen LogP contribution in [0.25, 0.3) is 6.08 Å². The maximum Gasteiger partial charge on any atom is 0.280 e. The lowest BCUT2D eigenvalue weighted by molar-refractivity contribution is -0.114. The zero-order chi connectivity index (χ0) is 18.2. The largest absolute Gasteiger partial charge is 0.280 e. The molecule has 0 fully saturated rings. The number of carbonyl (C=O) groups is 1. The quantitative estimate of drug-likeness (QED) is 0.857. The van der Waals surface area contributed by atoms with Crippen LogP contribution >= 0.6 is 0 Å². The SMILES string of the molecule is CC1=NN(c2ccc(S(N)(=O)=O)cc2)C(=O)C1=Cc1ccc(C)cc1. The Morgan fingerprint density at radius 2 is 1.60 bits per heavy atom. The van der Waals surface area contributed by atoms with Crippen LogP contribution in [-0.4, -0.2) is 20.0 Å². The van der Waals surface area contributed by atoms with Crippen molar-refractivity contribution in [2.24, 2.45) is 10.2 Å². The monoisotopic (exact) mass is 355 g/mol. The summed E-state index contributed by atoms with van der Waals surface area (Å²) in [7, 11) is -3.77. The Kier molecular flexibility index (Phi) is 4.28. The molecule has 128 valence electrons. The number of hydrogen-bond donors (Lipinski definition) is 1. The smallest absolute Gasteiger partial charge is 0.267 e. The van der Waals surface area contributed by atoms with Crippen LogP contribution in [0.3, 0.4) is 0 Å². The Labute approximate surface area is 146 Å². The Bertz CT molecular complexity index is 989. The van der Waals surface area contributed by atoms with Gasteiger partial charge in [0.2, 0.25) is 10.0 Å². The number of hydrazone groups is 1. The number of primary sulfonamides is 1. The van der Waals surface area contributed by atoms with Crippen molar-refractivity contribution in [1.82, 2.24) is 0 Å². The van der Waals surface area contributed by atoms with Gasteiger partial charge in [-0.3, -0.25) is 4.79 Å². The third-order valence-corrected chi connectivity index (χ3v) is 4.79. The molecule has 0 aliphatic carbocycles. The summed E-state index contributed by atoms with van der Waals surface area (Å²) in [6, 6.07) is 13.5. The second-order valence-corrected chi connectivity index (χ2v) is 7.37. The Hall–Kier alpha value is -2.77. The molecule has 0 unspecified atom stereocenters. The predicted molar refractivity (Wildman–Crippen MR) is 97.6 cm³/mol. The molecule has 2 aromatic carbocycles. The van der Waals surface area contributed by atoms with E-state index in [1.165, 1.54) is 29.3 Å². The number of hydrogen-bond acceptors (Lipinski definition) is 4. The molecule has 1 amide bonds. The van der Waals surface area contributed by atoms with E-state index in [4.69, 9.17) is 5.14 Å². The Balaban J connectivity index is 1.91. The molecule has 0 radical (unpaired) electrons.